The van der Waals surface area contributed by atoms with Crippen LogP contribution in [0.15, 0.2) is 18.5 Å². The van der Waals surface area contributed by atoms with E-state index in [4.69, 9.17) is 0 Å². The lowest BCUT2D eigenvalue weighted by molar-refractivity contribution is -0.140. The van der Waals surface area contributed by atoms with Crippen LogP contribution < -0.4 is 0 Å². The minimum atomic E-state index is -4.64. The van der Waals surface area contributed by atoms with Gasteiger partial charge in [0.05, 0.1) is 16.7 Å². The van der Waals surface area contributed by atoms with Crippen molar-refractivity contribution >= 4 is 11.0 Å². The standard InChI is InChI=1S/C11H10F4N2O/c1-10(2,18)8-6(11(12,13)14)3-4-7-9(8)16-5-17(7)15/h3-5,18H,1-2H3. The molecule has 1 N–H and O–H groups in total. The highest BCUT2D eigenvalue weighted by molar-refractivity contribution is 5.81. The summed E-state index contributed by atoms with van der Waals surface area (Å²) in [6, 6.07) is 1.73. The largest absolute Gasteiger partial charge is 0.416 e. The van der Waals surface area contributed by atoms with Crippen LogP contribution in [0.1, 0.15) is 25.0 Å². The van der Waals surface area contributed by atoms with Crippen molar-refractivity contribution in [1.82, 2.24) is 9.77 Å². The summed E-state index contributed by atoms with van der Waals surface area (Å²) in [5, 5.41) is 9.87. The summed E-state index contributed by atoms with van der Waals surface area (Å²) in [5.74, 6) is 0. The highest BCUT2D eigenvalue weighted by Gasteiger charge is 2.39. The summed E-state index contributed by atoms with van der Waals surface area (Å²) in [7, 11) is 0. The van der Waals surface area contributed by atoms with Crippen molar-refractivity contribution in [3.8, 4) is 0 Å². The lowest BCUT2D eigenvalue weighted by atomic mass is 9.91. The third-order valence-electron chi connectivity index (χ3n) is 2.59. The van der Waals surface area contributed by atoms with E-state index in [1.165, 1.54) is 13.8 Å². The maximum atomic E-state index is 13.2. The van der Waals surface area contributed by atoms with Crippen molar-refractivity contribution in [2.24, 2.45) is 0 Å². The van der Waals surface area contributed by atoms with Crippen LogP contribution in [0.5, 0.6) is 0 Å². The van der Waals surface area contributed by atoms with Crippen LogP contribution in [-0.4, -0.2) is 14.9 Å². The number of rotatable bonds is 1. The zero-order valence-corrected chi connectivity index (χ0v) is 9.59. The molecular formula is C11H10F4N2O. The zero-order valence-electron chi connectivity index (χ0n) is 9.59. The molecular weight excluding hydrogens is 252 g/mol. The van der Waals surface area contributed by atoms with E-state index in [0.29, 0.717) is 0 Å². The summed E-state index contributed by atoms with van der Waals surface area (Å²) in [6.07, 6.45) is -3.87. The number of halogens is 4. The van der Waals surface area contributed by atoms with Gasteiger partial charge in [-0.15, -0.1) is 0 Å². The predicted molar refractivity (Wildman–Crippen MR) is 56.5 cm³/mol. The predicted octanol–water partition coefficient (Wildman–Crippen LogP) is 3.02. The fraction of sp³-hybridized carbons (Fsp3) is 0.364. The van der Waals surface area contributed by atoms with Gasteiger partial charge in [-0.1, -0.05) is 4.48 Å². The summed E-state index contributed by atoms with van der Waals surface area (Å²) in [5.41, 5.74) is -3.52. The first-order chi connectivity index (χ1) is 8.12. The van der Waals surface area contributed by atoms with Crippen molar-refractivity contribution in [3.63, 3.8) is 0 Å². The molecule has 0 saturated heterocycles. The van der Waals surface area contributed by atoms with Gasteiger partial charge in [-0.2, -0.15) is 18.0 Å². The van der Waals surface area contributed by atoms with E-state index >= 15 is 0 Å². The van der Waals surface area contributed by atoms with Crippen LogP contribution in [-0.2, 0) is 11.8 Å². The van der Waals surface area contributed by atoms with E-state index in [-0.39, 0.29) is 15.8 Å². The molecule has 0 aliphatic heterocycles. The van der Waals surface area contributed by atoms with E-state index in [0.717, 1.165) is 18.5 Å². The number of nitrogens with zero attached hydrogens (tertiary/aromatic N) is 2. The Bertz CT molecular complexity index is 595. The summed E-state index contributed by atoms with van der Waals surface area (Å²) in [6.45, 7) is 2.41. The molecule has 0 amide bonds. The molecule has 0 bridgehead atoms. The van der Waals surface area contributed by atoms with E-state index in [1.54, 1.807) is 0 Å². The molecule has 0 fully saturated rings. The van der Waals surface area contributed by atoms with Gasteiger partial charge in [0.1, 0.15) is 11.8 Å². The molecule has 0 saturated carbocycles. The summed E-state index contributed by atoms with van der Waals surface area (Å²) < 4.78 is 51.9. The molecule has 0 radical (unpaired) electrons. The van der Waals surface area contributed by atoms with Gasteiger partial charge in [-0.3, -0.25) is 0 Å². The number of hydrogen-bond acceptors (Lipinski definition) is 2. The summed E-state index contributed by atoms with van der Waals surface area (Å²) in [4.78, 5) is 3.70. The monoisotopic (exact) mass is 262 g/mol. The average molecular weight is 262 g/mol. The fourth-order valence-electron chi connectivity index (χ4n) is 1.91. The molecule has 0 aliphatic carbocycles. The van der Waals surface area contributed by atoms with Crippen molar-refractivity contribution in [2.75, 3.05) is 0 Å². The van der Waals surface area contributed by atoms with E-state index in [1.807, 2.05) is 0 Å². The van der Waals surface area contributed by atoms with Crippen molar-refractivity contribution in [3.05, 3.63) is 29.6 Å². The molecule has 0 unspecified atom stereocenters. The second kappa shape index (κ2) is 3.68. The third kappa shape index (κ3) is 1.94. The van der Waals surface area contributed by atoms with Gasteiger partial charge < -0.3 is 5.11 Å². The Morgan fingerprint density at radius 1 is 1.22 bits per heavy atom. The lowest BCUT2D eigenvalue weighted by Gasteiger charge is -2.23. The van der Waals surface area contributed by atoms with Crippen LogP contribution in [0.2, 0.25) is 0 Å². The molecule has 1 aromatic heterocycles. The van der Waals surface area contributed by atoms with Crippen LogP contribution in [0, 0.1) is 0 Å². The van der Waals surface area contributed by atoms with Crippen molar-refractivity contribution in [2.45, 2.75) is 25.6 Å². The Labute approximate surface area is 99.6 Å². The van der Waals surface area contributed by atoms with Gasteiger partial charge in [0, 0.05) is 5.56 Å². The van der Waals surface area contributed by atoms with Crippen LogP contribution in [0.3, 0.4) is 0 Å². The number of benzene rings is 1. The first kappa shape index (κ1) is 12.8. The minimum Gasteiger partial charge on any atom is -0.386 e. The molecule has 1 aromatic carbocycles. The highest BCUT2D eigenvalue weighted by Crippen LogP contribution is 2.39. The molecule has 2 rings (SSSR count). The summed E-state index contributed by atoms with van der Waals surface area (Å²) >= 11 is 0. The number of aromatic nitrogens is 2. The smallest absolute Gasteiger partial charge is 0.386 e. The highest BCUT2D eigenvalue weighted by atomic mass is 19.4. The average Bonchev–Trinajstić information content (AvgIpc) is 2.56. The van der Waals surface area contributed by atoms with Crippen molar-refractivity contribution < 1.29 is 22.8 Å². The Kier molecular flexibility index (Phi) is 2.62. The molecule has 1 heterocycles. The molecule has 2 aromatic rings. The zero-order chi connectivity index (χ0) is 13.7. The number of imidazole rings is 1. The topological polar surface area (TPSA) is 38.1 Å². The van der Waals surface area contributed by atoms with Gasteiger partial charge in [0.15, 0.2) is 0 Å². The van der Waals surface area contributed by atoms with Crippen LogP contribution in [0.4, 0.5) is 17.7 Å². The van der Waals surface area contributed by atoms with Crippen LogP contribution >= 0.6 is 0 Å². The van der Waals surface area contributed by atoms with Gasteiger partial charge in [-0.05, 0) is 26.0 Å². The second-order valence-corrected chi connectivity index (χ2v) is 4.47. The molecule has 3 nitrogen and oxygen atoms in total. The first-order valence-corrected chi connectivity index (χ1v) is 5.08. The SMILES string of the molecule is CC(C)(O)c1c(C(F)(F)F)ccc2c1ncn2F. The molecule has 0 atom stereocenters. The Morgan fingerprint density at radius 2 is 1.83 bits per heavy atom. The Hall–Kier alpha value is -1.63. The molecule has 0 spiro atoms. The Morgan fingerprint density at radius 3 is 2.33 bits per heavy atom. The maximum Gasteiger partial charge on any atom is 0.416 e. The molecule has 0 aliphatic rings. The van der Waals surface area contributed by atoms with E-state index in [2.05, 4.69) is 4.98 Å². The number of alkyl halides is 3. The Balaban J connectivity index is 2.89. The lowest BCUT2D eigenvalue weighted by Crippen LogP contribution is -2.22. The van der Waals surface area contributed by atoms with Crippen molar-refractivity contribution in [1.29, 1.82) is 0 Å². The molecule has 98 valence electrons. The second-order valence-electron chi connectivity index (χ2n) is 4.47. The van der Waals surface area contributed by atoms with E-state index < -0.39 is 22.9 Å². The quantitative estimate of drug-likeness (QED) is 0.802. The first-order valence-electron chi connectivity index (χ1n) is 5.08. The van der Waals surface area contributed by atoms with Crippen LogP contribution in [0.25, 0.3) is 11.0 Å². The third-order valence-corrected chi connectivity index (χ3v) is 2.59. The number of aliphatic hydroxyl groups is 1. The minimum absolute atomic E-state index is 0.111. The number of hydrogen-bond donors (Lipinski definition) is 1. The van der Waals surface area contributed by atoms with Gasteiger partial charge in [0.25, 0.3) is 0 Å². The van der Waals surface area contributed by atoms with E-state index in [9.17, 15) is 22.8 Å². The number of fused-ring (bicyclic) bond motifs is 1. The van der Waals surface area contributed by atoms with Gasteiger partial charge >= 0.3 is 6.18 Å². The fourth-order valence-corrected chi connectivity index (χ4v) is 1.91. The van der Waals surface area contributed by atoms with Gasteiger partial charge in [0.2, 0.25) is 0 Å². The maximum absolute atomic E-state index is 13.2. The normalized spacial score (nSPS) is 13.3. The molecule has 18 heavy (non-hydrogen) atoms. The molecule has 7 heteroatoms. The van der Waals surface area contributed by atoms with Gasteiger partial charge in [-0.25, -0.2) is 4.98 Å².